The molecule has 0 aliphatic carbocycles. The van der Waals surface area contributed by atoms with Crippen LogP contribution >= 0.6 is 0 Å². The van der Waals surface area contributed by atoms with Crippen molar-refractivity contribution in [1.29, 1.82) is 0 Å². The second-order valence-electron chi connectivity index (χ2n) is 4.20. The zero-order valence-electron chi connectivity index (χ0n) is 9.69. The molecule has 0 saturated carbocycles. The van der Waals surface area contributed by atoms with E-state index in [9.17, 15) is 0 Å². The third-order valence-electron chi connectivity index (χ3n) is 3.11. The van der Waals surface area contributed by atoms with E-state index in [1.54, 1.807) is 18.7 Å². The van der Waals surface area contributed by atoms with Crippen molar-refractivity contribution in [2.24, 2.45) is 7.05 Å². The van der Waals surface area contributed by atoms with Gasteiger partial charge in [0.05, 0.1) is 6.04 Å². The first-order chi connectivity index (χ1) is 8.36. The minimum atomic E-state index is 0.241. The fraction of sp³-hybridized carbons (Fsp3) is 0.455. The van der Waals surface area contributed by atoms with Gasteiger partial charge in [0, 0.05) is 26.0 Å². The molecule has 0 radical (unpaired) electrons. The number of rotatable bonds is 2. The van der Waals surface area contributed by atoms with Gasteiger partial charge in [0.25, 0.3) is 0 Å². The topological polar surface area (TPSA) is 59.7 Å². The number of nitrogens with zero attached hydrogens (tertiary/aromatic N) is 6. The minimum absolute atomic E-state index is 0.241. The van der Waals surface area contributed by atoms with E-state index >= 15 is 0 Å². The first-order valence-electron chi connectivity index (χ1n) is 5.74. The summed E-state index contributed by atoms with van der Waals surface area (Å²) < 4.78 is 1.96. The van der Waals surface area contributed by atoms with Crippen molar-refractivity contribution in [2.75, 3.05) is 11.4 Å². The highest BCUT2D eigenvalue weighted by Gasteiger charge is 2.30. The van der Waals surface area contributed by atoms with E-state index < -0.39 is 0 Å². The van der Waals surface area contributed by atoms with Gasteiger partial charge in [-0.25, -0.2) is 9.97 Å². The van der Waals surface area contributed by atoms with Crippen LogP contribution in [0.15, 0.2) is 24.8 Å². The first kappa shape index (κ1) is 10.2. The summed E-state index contributed by atoms with van der Waals surface area (Å²) >= 11 is 0. The predicted molar refractivity (Wildman–Crippen MR) is 62.4 cm³/mol. The Morgan fingerprint density at radius 1 is 1.29 bits per heavy atom. The minimum Gasteiger partial charge on any atom is -0.331 e. The molecular formula is C11H14N6. The Hall–Kier alpha value is -1.98. The summed E-state index contributed by atoms with van der Waals surface area (Å²) in [5.41, 5.74) is 0. The molecule has 1 saturated heterocycles. The third kappa shape index (κ3) is 1.75. The van der Waals surface area contributed by atoms with E-state index in [4.69, 9.17) is 0 Å². The van der Waals surface area contributed by atoms with Gasteiger partial charge in [-0.05, 0) is 18.9 Å². The number of hydrogen-bond acceptors (Lipinski definition) is 5. The van der Waals surface area contributed by atoms with Gasteiger partial charge in [0.15, 0.2) is 5.82 Å². The summed E-state index contributed by atoms with van der Waals surface area (Å²) in [4.78, 5) is 10.8. The fourth-order valence-electron chi connectivity index (χ4n) is 2.31. The smallest absolute Gasteiger partial charge is 0.225 e. The van der Waals surface area contributed by atoms with Crippen LogP contribution in [0.3, 0.4) is 0 Å². The lowest BCUT2D eigenvalue weighted by Crippen LogP contribution is -2.26. The average molecular weight is 230 g/mol. The molecule has 1 aliphatic rings. The lowest BCUT2D eigenvalue weighted by atomic mass is 10.2. The molecule has 88 valence electrons. The molecule has 0 amide bonds. The Morgan fingerprint density at radius 2 is 2.12 bits per heavy atom. The summed E-state index contributed by atoms with van der Waals surface area (Å²) in [6.07, 6.45) is 7.49. The normalized spacial score (nSPS) is 19.8. The van der Waals surface area contributed by atoms with Crippen LogP contribution in [0.2, 0.25) is 0 Å². The number of hydrogen-bond donors (Lipinski definition) is 0. The molecule has 0 aromatic carbocycles. The van der Waals surface area contributed by atoms with Gasteiger partial charge in [-0.15, -0.1) is 10.2 Å². The fourth-order valence-corrected chi connectivity index (χ4v) is 2.31. The van der Waals surface area contributed by atoms with Crippen molar-refractivity contribution in [3.05, 3.63) is 30.6 Å². The average Bonchev–Trinajstić information content (AvgIpc) is 2.98. The van der Waals surface area contributed by atoms with Crippen molar-refractivity contribution < 1.29 is 0 Å². The summed E-state index contributed by atoms with van der Waals surface area (Å²) in [5.74, 6) is 1.76. The van der Waals surface area contributed by atoms with Gasteiger partial charge in [-0.2, -0.15) is 0 Å². The van der Waals surface area contributed by atoms with Crippen LogP contribution < -0.4 is 4.90 Å². The van der Waals surface area contributed by atoms with E-state index in [1.807, 2.05) is 17.7 Å². The molecule has 17 heavy (non-hydrogen) atoms. The molecule has 3 rings (SSSR count). The quantitative estimate of drug-likeness (QED) is 0.768. The molecule has 6 nitrogen and oxygen atoms in total. The summed E-state index contributed by atoms with van der Waals surface area (Å²) in [6, 6.07) is 2.07. The van der Waals surface area contributed by atoms with Gasteiger partial charge < -0.3 is 9.47 Å². The molecule has 1 aliphatic heterocycles. The van der Waals surface area contributed by atoms with Crippen LogP contribution in [0.25, 0.3) is 0 Å². The highest BCUT2D eigenvalue weighted by molar-refractivity contribution is 5.34. The Balaban J connectivity index is 1.93. The van der Waals surface area contributed by atoms with E-state index in [2.05, 4.69) is 25.1 Å². The summed E-state index contributed by atoms with van der Waals surface area (Å²) in [7, 11) is 1.97. The highest BCUT2D eigenvalue weighted by Crippen LogP contribution is 2.32. The standard InChI is InChI=1S/C11H14N6/c1-16-8-14-15-10(16)9-4-2-7-17(9)11-12-5-3-6-13-11/h3,5-6,8-9H,2,4,7H2,1H3. The molecule has 1 unspecified atom stereocenters. The van der Waals surface area contributed by atoms with Crippen molar-refractivity contribution in [2.45, 2.75) is 18.9 Å². The third-order valence-corrected chi connectivity index (χ3v) is 3.11. The molecule has 0 N–H and O–H groups in total. The molecule has 3 heterocycles. The molecule has 6 heteroatoms. The van der Waals surface area contributed by atoms with Gasteiger partial charge >= 0.3 is 0 Å². The predicted octanol–water partition coefficient (Wildman–Crippen LogP) is 0.947. The van der Waals surface area contributed by atoms with E-state index in [-0.39, 0.29) is 6.04 Å². The monoisotopic (exact) mass is 230 g/mol. The largest absolute Gasteiger partial charge is 0.331 e. The van der Waals surface area contributed by atoms with Crippen LogP contribution in [-0.2, 0) is 7.05 Å². The van der Waals surface area contributed by atoms with E-state index in [0.29, 0.717) is 0 Å². The maximum atomic E-state index is 4.31. The molecule has 1 atom stereocenters. The van der Waals surface area contributed by atoms with Crippen molar-refractivity contribution >= 4 is 5.95 Å². The van der Waals surface area contributed by atoms with Crippen molar-refractivity contribution in [3.8, 4) is 0 Å². The molecule has 0 bridgehead atoms. The van der Waals surface area contributed by atoms with E-state index in [1.165, 1.54) is 0 Å². The van der Waals surface area contributed by atoms with Crippen LogP contribution in [-0.4, -0.2) is 31.3 Å². The molecule has 2 aromatic heterocycles. The van der Waals surface area contributed by atoms with Gasteiger partial charge in [-0.3, -0.25) is 0 Å². The van der Waals surface area contributed by atoms with Gasteiger partial charge in [-0.1, -0.05) is 0 Å². The molecule has 0 spiro atoms. The lowest BCUT2D eigenvalue weighted by Gasteiger charge is -2.23. The zero-order valence-corrected chi connectivity index (χ0v) is 9.69. The summed E-state index contributed by atoms with van der Waals surface area (Å²) in [5, 5.41) is 8.13. The Bertz CT molecular complexity index is 494. The van der Waals surface area contributed by atoms with Crippen LogP contribution in [0.1, 0.15) is 24.7 Å². The molecule has 2 aromatic rings. The van der Waals surface area contributed by atoms with E-state index in [0.717, 1.165) is 31.2 Å². The van der Waals surface area contributed by atoms with Crippen LogP contribution in [0, 0.1) is 0 Å². The Kier molecular flexibility index (Phi) is 2.47. The van der Waals surface area contributed by atoms with Crippen LogP contribution in [0.5, 0.6) is 0 Å². The highest BCUT2D eigenvalue weighted by atomic mass is 15.3. The zero-order chi connectivity index (χ0) is 11.7. The Morgan fingerprint density at radius 3 is 2.82 bits per heavy atom. The second-order valence-corrected chi connectivity index (χ2v) is 4.20. The molecule has 1 fully saturated rings. The van der Waals surface area contributed by atoms with Gasteiger partial charge in [0.1, 0.15) is 6.33 Å². The second kappa shape index (κ2) is 4.12. The SMILES string of the molecule is Cn1cnnc1C1CCCN1c1ncccn1. The van der Waals surface area contributed by atoms with Gasteiger partial charge in [0.2, 0.25) is 5.95 Å². The number of aromatic nitrogens is 5. The molecular weight excluding hydrogens is 216 g/mol. The maximum Gasteiger partial charge on any atom is 0.225 e. The Labute approximate surface area is 99.3 Å². The van der Waals surface area contributed by atoms with Crippen LogP contribution in [0.4, 0.5) is 5.95 Å². The number of aryl methyl sites for hydroxylation is 1. The number of anilines is 1. The maximum absolute atomic E-state index is 4.31. The van der Waals surface area contributed by atoms with Crippen molar-refractivity contribution in [3.63, 3.8) is 0 Å². The first-order valence-corrected chi connectivity index (χ1v) is 5.74. The lowest BCUT2D eigenvalue weighted by molar-refractivity contribution is 0.620. The summed E-state index contributed by atoms with van der Waals surface area (Å²) in [6.45, 7) is 0.974. The van der Waals surface area contributed by atoms with Crippen molar-refractivity contribution in [1.82, 2.24) is 24.7 Å².